The number of benzene rings is 1. The Kier molecular flexibility index (Phi) is 7.35. The van der Waals surface area contributed by atoms with E-state index in [4.69, 9.17) is 0 Å². The highest BCUT2D eigenvalue weighted by Gasteiger charge is 2.18. The molecule has 1 rings (SSSR count). The first-order valence-corrected chi connectivity index (χ1v) is 8.33. The maximum Gasteiger partial charge on any atom is 0.305 e. The molecule has 0 radical (unpaired) electrons. The fourth-order valence-electron chi connectivity index (χ4n) is 1.86. The van der Waals surface area contributed by atoms with E-state index >= 15 is 0 Å². The molecule has 0 saturated carbocycles. The quantitative estimate of drug-likeness (QED) is 0.646. The largest absolute Gasteiger partial charge is 0.469 e. The van der Waals surface area contributed by atoms with E-state index in [9.17, 15) is 18.3 Å². The zero-order chi connectivity index (χ0) is 15.7. The smallest absolute Gasteiger partial charge is 0.305 e. The standard InChI is InChI=1S/C14H21NO5S/c1-20-14(17)8-5-9-21(18,19)15-13(11-16)10-12-6-3-2-4-7-12/h2-4,6-7,13,15-16H,5,8-11H2,1H3/t13-/m0/s1. The molecule has 2 N–H and O–H groups in total. The van der Waals surface area contributed by atoms with Crippen molar-refractivity contribution in [2.45, 2.75) is 25.3 Å². The van der Waals surface area contributed by atoms with Gasteiger partial charge in [-0.25, -0.2) is 13.1 Å². The predicted octanol–water partition coefficient (Wildman–Crippen LogP) is 0.463. The van der Waals surface area contributed by atoms with Crippen LogP contribution in [0.3, 0.4) is 0 Å². The first-order valence-electron chi connectivity index (χ1n) is 6.68. The van der Waals surface area contributed by atoms with Gasteiger partial charge in [-0.15, -0.1) is 0 Å². The number of esters is 1. The van der Waals surface area contributed by atoms with E-state index in [1.54, 1.807) is 0 Å². The summed E-state index contributed by atoms with van der Waals surface area (Å²) in [7, 11) is -2.27. The number of nitrogens with one attached hydrogen (secondary N) is 1. The fourth-order valence-corrected chi connectivity index (χ4v) is 3.17. The predicted molar refractivity (Wildman–Crippen MR) is 79.2 cm³/mol. The SMILES string of the molecule is COC(=O)CCCS(=O)(=O)N[C@H](CO)Cc1ccccc1. The van der Waals surface area contributed by atoms with Gasteiger partial charge in [-0.3, -0.25) is 4.79 Å². The van der Waals surface area contributed by atoms with Crippen molar-refractivity contribution in [3.8, 4) is 0 Å². The highest BCUT2D eigenvalue weighted by atomic mass is 32.2. The van der Waals surface area contributed by atoms with Gasteiger partial charge in [0.2, 0.25) is 10.0 Å². The second-order valence-corrected chi connectivity index (χ2v) is 6.56. The van der Waals surface area contributed by atoms with Gasteiger partial charge in [0, 0.05) is 12.5 Å². The summed E-state index contributed by atoms with van der Waals surface area (Å²) in [6.45, 7) is -0.287. The molecule has 0 heterocycles. The molecule has 0 saturated heterocycles. The van der Waals surface area contributed by atoms with Crippen LogP contribution in [0.1, 0.15) is 18.4 Å². The lowest BCUT2D eigenvalue weighted by atomic mass is 10.1. The monoisotopic (exact) mass is 315 g/mol. The summed E-state index contributed by atoms with van der Waals surface area (Å²) in [6.07, 6.45) is 0.652. The Morgan fingerprint density at radius 1 is 1.33 bits per heavy atom. The highest BCUT2D eigenvalue weighted by molar-refractivity contribution is 7.89. The number of ether oxygens (including phenoxy) is 1. The van der Waals surface area contributed by atoms with Crippen molar-refractivity contribution in [2.24, 2.45) is 0 Å². The number of carbonyl (C=O) groups is 1. The summed E-state index contributed by atoms with van der Waals surface area (Å²) in [4.78, 5) is 10.9. The van der Waals surface area contributed by atoms with E-state index < -0.39 is 22.0 Å². The van der Waals surface area contributed by atoms with E-state index in [1.165, 1.54) is 7.11 Å². The van der Waals surface area contributed by atoms with Crippen LogP contribution in [0.25, 0.3) is 0 Å². The van der Waals surface area contributed by atoms with Crippen molar-refractivity contribution < 1.29 is 23.1 Å². The Bertz CT molecular complexity index is 530. The minimum Gasteiger partial charge on any atom is -0.469 e. The Labute approximate surface area is 125 Å². The van der Waals surface area contributed by atoms with Crippen LogP contribution in [-0.4, -0.2) is 45.0 Å². The minimum atomic E-state index is -3.53. The number of aliphatic hydroxyl groups excluding tert-OH is 1. The molecule has 0 aliphatic heterocycles. The first-order chi connectivity index (χ1) is 9.96. The highest BCUT2D eigenvalue weighted by Crippen LogP contribution is 2.05. The van der Waals surface area contributed by atoms with Gasteiger partial charge in [-0.05, 0) is 18.4 Å². The molecule has 7 heteroatoms. The molecule has 0 spiro atoms. The maximum atomic E-state index is 11.9. The van der Waals surface area contributed by atoms with E-state index in [2.05, 4.69) is 9.46 Å². The van der Waals surface area contributed by atoms with Crippen molar-refractivity contribution in [2.75, 3.05) is 19.5 Å². The molecule has 6 nitrogen and oxygen atoms in total. The molecule has 0 bridgehead atoms. The Hall–Kier alpha value is -1.44. The molecule has 0 fully saturated rings. The number of methoxy groups -OCH3 is 1. The van der Waals surface area contributed by atoms with Gasteiger partial charge in [0.15, 0.2) is 0 Å². The third-order valence-electron chi connectivity index (χ3n) is 2.91. The Morgan fingerprint density at radius 3 is 2.57 bits per heavy atom. The van der Waals surface area contributed by atoms with Gasteiger partial charge in [0.05, 0.1) is 19.5 Å². The zero-order valence-corrected chi connectivity index (χ0v) is 12.8. The molecule has 0 aliphatic carbocycles. The summed E-state index contributed by atoms with van der Waals surface area (Å²) in [5, 5.41) is 9.30. The average molecular weight is 315 g/mol. The number of aliphatic hydroxyl groups is 1. The Morgan fingerprint density at radius 2 is 2.00 bits per heavy atom. The molecule has 21 heavy (non-hydrogen) atoms. The molecule has 0 aromatic heterocycles. The van der Waals surface area contributed by atoms with E-state index in [1.807, 2.05) is 30.3 Å². The fraction of sp³-hybridized carbons (Fsp3) is 0.500. The van der Waals surface area contributed by atoms with Crippen LogP contribution in [0.15, 0.2) is 30.3 Å². The van der Waals surface area contributed by atoms with Crippen molar-refractivity contribution in [1.29, 1.82) is 0 Å². The normalized spacial score (nSPS) is 12.9. The first kappa shape index (κ1) is 17.6. The van der Waals surface area contributed by atoms with Gasteiger partial charge < -0.3 is 9.84 Å². The van der Waals surface area contributed by atoms with Crippen LogP contribution in [0.4, 0.5) is 0 Å². The molecule has 1 aromatic carbocycles. The average Bonchev–Trinajstić information content (AvgIpc) is 2.47. The molecular weight excluding hydrogens is 294 g/mol. The Balaban J connectivity index is 2.49. The number of sulfonamides is 1. The van der Waals surface area contributed by atoms with Crippen molar-refractivity contribution in [3.05, 3.63) is 35.9 Å². The minimum absolute atomic E-state index is 0.0554. The summed E-state index contributed by atoms with van der Waals surface area (Å²) in [6, 6.07) is 8.75. The second kappa shape index (κ2) is 8.76. The lowest BCUT2D eigenvalue weighted by Crippen LogP contribution is -2.40. The summed E-state index contributed by atoms with van der Waals surface area (Å²) in [5.74, 6) is -0.610. The van der Waals surface area contributed by atoms with Gasteiger partial charge >= 0.3 is 5.97 Å². The zero-order valence-electron chi connectivity index (χ0n) is 12.0. The van der Waals surface area contributed by atoms with Crippen molar-refractivity contribution in [1.82, 2.24) is 4.72 Å². The number of rotatable bonds is 9. The van der Waals surface area contributed by atoms with E-state index in [0.29, 0.717) is 6.42 Å². The second-order valence-electron chi connectivity index (χ2n) is 4.69. The van der Waals surface area contributed by atoms with Crippen LogP contribution in [0.5, 0.6) is 0 Å². The van der Waals surface area contributed by atoms with Crippen molar-refractivity contribution in [3.63, 3.8) is 0 Å². The van der Waals surface area contributed by atoms with Gasteiger partial charge in [-0.1, -0.05) is 30.3 Å². The van der Waals surface area contributed by atoms with Gasteiger partial charge in [0.25, 0.3) is 0 Å². The number of carbonyl (C=O) groups excluding carboxylic acids is 1. The van der Waals surface area contributed by atoms with Gasteiger partial charge in [0.1, 0.15) is 0 Å². The molecule has 118 valence electrons. The molecule has 0 aliphatic rings. The third-order valence-corrected chi connectivity index (χ3v) is 4.43. The van der Waals surface area contributed by atoms with Crippen LogP contribution in [0, 0.1) is 0 Å². The van der Waals surface area contributed by atoms with Crippen LogP contribution in [-0.2, 0) is 26.0 Å². The topological polar surface area (TPSA) is 92.7 Å². The van der Waals surface area contributed by atoms with Crippen molar-refractivity contribution >= 4 is 16.0 Å². The summed E-state index contributed by atoms with van der Waals surface area (Å²) in [5.41, 5.74) is 0.939. The van der Waals surface area contributed by atoms with Crippen LogP contribution in [0.2, 0.25) is 0 Å². The maximum absolute atomic E-state index is 11.9. The van der Waals surface area contributed by atoms with Gasteiger partial charge in [-0.2, -0.15) is 0 Å². The summed E-state index contributed by atoms with van der Waals surface area (Å²) >= 11 is 0. The third kappa shape index (κ3) is 7.22. The van der Waals surface area contributed by atoms with Crippen LogP contribution < -0.4 is 4.72 Å². The molecule has 1 aromatic rings. The lowest BCUT2D eigenvalue weighted by molar-refractivity contribution is -0.140. The molecule has 1 atom stereocenters. The summed E-state index contributed by atoms with van der Waals surface area (Å²) < 4.78 is 30.7. The van der Waals surface area contributed by atoms with E-state index in [0.717, 1.165) is 5.56 Å². The molecular formula is C14H21NO5S. The molecule has 0 unspecified atom stereocenters. The lowest BCUT2D eigenvalue weighted by Gasteiger charge is -2.16. The number of hydrogen-bond acceptors (Lipinski definition) is 5. The van der Waals surface area contributed by atoms with Crippen LogP contribution >= 0.6 is 0 Å². The van der Waals surface area contributed by atoms with E-state index in [-0.39, 0.29) is 25.2 Å². The number of hydrogen-bond donors (Lipinski definition) is 2. The molecule has 0 amide bonds.